The Hall–Kier alpha value is -2.45. The number of hydrogen-bond acceptors (Lipinski definition) is 4. The molecule has 0 unspecified atom stereocenters. The molecular formula is C20H16BrFN2O3S. The Labute approximate surface area is 174 Å². The molecule has 8 heteroatoms. The molecule has 0 bridgehead atoms. The van der Waals surface area contributed by atoms with Gasteiger partial charge in [-0.05, 0) is 53.2 Å². The maximum atomic E-state index is 13.2. The van der Waals surface area contributed by atoms with Crippen LogP contribution in [-0.2, 0) is 16.0 Å². The van der Waals surface area contributed by atoms with Gasteiger partial charge >= 0.3 is 0 Å². The molecule has 2 aromatic carbocycles. The van der Waals surface area contributed by atoms with E-state index in [9.17, 15) is 18.8 Å². The van der Waals surface area contributed by atoms with Crippen LogP contribution in [0.15, 0.2) is 57.9 Å². The van der Waals surface area contributed by atoms with Crippen LogP contribution in [0.5, 0.6) is 0 Å². The second-order valence-electron chi connectivity index (χ2n) is 6.05. The summed E-state index contributed by atoms with van der Waals surface area (Å²) < 4.78 is 14.0. The number of halogens is 2. The van der Waals surface area contributed by atoms with Gasteiger partial charge in [-0.3, -0.25) is 19.3 Å². The van der Waals surface area contributed by atoms with Crippen LogP contribution in [-0.4, -0.2) is 35.0 Å². The summed E-state index contributed by atoms with van der Waals surface area (Å²) in [7, 11) is 0. The standard InChI is InChI=1S/C20H16BrFN2O3S/c21-15-5-1-3-13(9-15)11-17-19(26)24(20(27)28-17)8-7-23-18(25)12-14-4-2-6-16(22)10-14/h1-6,9-11H,7-8,12H2,(H,23,25)/b17-11+. The summed E-state index contributed by atoms with van der Waals surface area (Å²) in [5, 5.41) is 2.28. The molecule has 2 aromatic rings. The lowest BCUT2D eigenvalue weighted by Crippen LogP contribution is -2.37. The van der Waals surface area contributed by atoms with Crippen LogP contribution < -0.4 is 5.32 Å². The Morgan fingerprint density at radius 3 is 2.71 bits per heavy atom. The molecule has 0 aromatic heterocycles. The molecular weight excluding hydrogens is 447 g/mol. The molecule has 3 rings (SSSR count). The average Bonchev–Trinajstić information content (AvgIpc) is 2.89. The van der Waals surface area contributed by atoms with Crippen molar-refractivity contribution in [3.8, 4) is 0 Å². The molecule has 1 aliphatic heterocycles. The molecule has 3 amide bonds. The summed E-state index contributed by atoms with van der Waals surface area (Å²) in [6.45, 7) is 0.214. The van der Waals surface area contributed by atoms with Gasteiger partial charge in [-0.15, -0.1) is 0 Å². The number of thioether (sulfide) groups is 1. The van der Waals surface area contributed by atoms with E-state index in [1.165, 1.54) is 18.2 Å². The first-order chi connectivity index (χ1) is 13.4. The minimum Gasteiger partial charge on any atom is -0.354 e. The topological polar surface area (TPSA) is 66.5 Å². The number of hydrogen-bond donors (Lipinski definition) is 1. The van der Waals surface area contributed by atoms with Crippen molar-refractivity contribution in [1.82, 2.24) is 10.2 Å². The Morgan fingerprint density at radius 2 is 1.96 bits per heavy atom. The zero-order valence-electron chi connectivity index (χ0n) is 14.7. The largest absolute Gasteiger partial charge is 0.354 e. The van der Waals surface area contributed by atoms with Crippen LogP contribution in [0.3, 0.4) is 0 Å². The fourth-order valence-corrected chi connectivity index (χ4v) is 3.92. The summed E-state index contributed by atoms with van der Waals surface area (Å²) in [5.74, 6) is -1.09. The van der Waals surface area contributed by atoms with E-state index in [0.717, 1.165) is 26.7 Å². The summed E-state index contributed by atoms with van der Waals surface area (Å²) >= 11 is 4.24. The van der Waals surface area contributed by atoms with Gasteiger partial charge in [0.2, 0.25) is 5.91 Å². The van der Waals surface area contributed by atoms with Crippen molar-refractivity contribution in [1.29, 1.82) is 0 Å². The molecule has 144 valence electrons. The number of carbonyl (C=O) groups is 3. The van der Waals surface area contributed by atoms with Gasteiger partial charge in [0.05, 0.1) is 11.3 Å². The van der Waals surface area contributed by atoms with Gasteiger partial charge < -0.3 is 5.32 Å². The van der Waals surface area contributed by atoms with E-state index in [0.29, 0.717) is 10.5 Å². The zero-order chi connectivity index (χ0) is 20.1. The summed E-state index contributed by atoms with van der Waals surface area (Å²) in [4.78, 5) is 38.0. The van der Waals surface area contributed by atoms with Crippen LogP contribution >= 0.6 is 27.7 Å². The van der Waals surface area contributed by atoms with Crippen LogP contribution in [0.4, 0.5) is 9.18 Å². The lowest BCUT2D eigenvalue weighted by Gasteiger charge is -2.13. The van der Waals surface area contributed by atoms with Crippen LogP contribution in [0.25, 0.3) is 6.08 Å². The third-order valence-electron chi connectivity index (χ3n) is 3.93. The fourth-order valence-electron chi connectivity index (χ4n) is 2.64. The molecule has 0 spiro atoms. The Morgan fingerprint density at radius 1 is 1.18 bits per heavy atom. The van der Waals surface area contributed by atoms with Gasteiger partial charge in [-0.2, -0.15) is 0 Å². The lowest BCUT2D eigenvalue weighted by molar-refractivity contribution is -0.124. The highest BCUT2D eigenvalue weighted by atomic mass is 79.9. The van der Waals surface area contributed by atoms with Gasteiger partial charge in [0.15, 0.2) is 0 Å². The molecule has 1 aliphatic rings. The van der Waals surface area contributed by atoms with Crippen molar-refractivity contribution in [3.05, 3.63) is 74.9 Å². The first-order valence-electron chi connectivity index (χ1n) is 8.44. The Balaban J connectivity index is 1.54. The molecule has 5 nitrogen and oxygen atoms in total. The van der Waals surface area contributed by atoms with E-state index in [1.807, 2.05) is 24.3 Å². The van der Waals surface area contributed by atoms with Gasteiger partial charge in [0, 0.05) is 17.6 Å². The highest BCUT2D eigenvalue weighted by Crippen LogP contribution is 2.32. The van der Waals surface area contributed by atoms with Crippen molar-refractivity contribution in [2.24, 2.45) is 0 Å². The normalized spacial score (nSPS) is 15.4. The molecule has 1 N–H and O–H groups in total. The van der Waals surface area contributed by atoms with E-state index in [2.05, 4.69) is 21.2 Å². The fraction of sp³-hybridized carbons (Fsp3) is 0.150. The predicted octanol–water partition coefficient (Wildman–Crippen LogP) is 3.98. The van der Waals surface area contributed by atoms with Gasteiger partial charge in [-0.25, -0.2) is 4.39 Å². The molecule has 1 saturated heterocycles. The van der Waals surface area contributed by atoms with Crippen LogP contribution in [0.1, 0.15) is 11.1 Å². The minimum absolute atomic E-state index is 0.0302. The monoisotopic (exact) mass is 462 g/mol. The summed E-state index contributed by atoms with van der Waals surface area (Å²) in [6.07, 6.45) is 1.70. The van der Waals surface area contributed by atoms with Crippen molar-refractivity contribution in [2.45, 2.75) is 6.42 Å². The second kappa shape index (κ2) is 9.16. The first kappa shape index (κ1) is 20.3. The van der Waals surface area contributed by atoms with Gasteiger partial charge in [-0.1, -0.05) is 40.2 Å². The number of carbonyl (C=O) groups excluding carboxylic acids is 3. The summed E-state index contributed by atoms with van der Waals surface area (Å²) in [5.41, 5.74) is 1.36. The SMILES string of the molecule is O=C(Cc1cccc(F)c1)NCCN1C(=O)S/C(=C/c2cccc(Br)c2)C1=O. The number of nitrogens with zero attached hydrogens (tertiary/aromatic N) is 1. The van der Waals surface area contributed by atoms with Crippen molar-refractivity contribution in [2.75, 3.05) is 13.1 Å². The molecule has 1 fully saturated rings. The van der Waals surface area contributed by atoms with E-state index in [4.69, 9.17) is 0 Å². The minimum atomic E-state index is -0.402. The molecule has 0 radical (unpaired) electrons. The smallest absolute Gasteiger partial charge is 0.293 e. The number of amides is 3. The molecule has 0 saturated carbocycles. The predicted molar refractivity (Wildman–Crippen MR) is 110 cm³/mol. The molecule has 0 aliphatic carbocycles. The Kier molecular flexibility index (Phi) is 6.64. The van der Waals surface area contributed by atoms with Crippen LogP contribution in [0.2, 0.25) is 0 Å². The van der Waals surface area contributed by atoms with E-state index >= 15 is 0 Å². The number of rotatable bonds is 6. The van der Waals surface area contributed by atoms with E-state index in [-0.39, 0.29) is 36.6 Å². The summed E-state index contributed by atoms with van der Waals surface area (Å²) in [6, 6.07) is 13.2. The van der Waals surface area contributed by atoms with Gasteiger partial charge in [0.25, 0.3) is 11.1 Å². The van der Waals surface area contributed by atoms with Crippen LogP contribution in [0, 0.1) is 5.82 Å². The van der Waals surface area contributed by atoms with E-state index < -0.39 is 5.82 Å². The van der Waals surface area contributed by atoms with Gasteiger partial charge in [0.1, 0.15) is 5.82 Å². The van der Waals surface area contributed by atoms with E-state index in [1.54, 1.807) is 12.1 Å². The van der Waals surface area contributed by atoms with Crippen molar-refractivity contribution >= 4 is 50.8 Å². The van der Waals surface area contributed by atoms with Crippen molar-refractivity contribution in [3.63, 3.8) is 0 Å². The maximum absolute atomic E-state index is 13.2. The lowest BCUT2D eigenvalue weighted by atomic mass is 10.1. The highest BCUT2D eigenvalue weighted by Gasteiger charge is 2.34. The quantitative estimate of drug-likeness (QED) is 0.659. The number of nitrogens with one attached hydrogen (secondary N) is 1. The molecule has 1 heterocycles. The number of benzene rings is 2. The van der Waals surface area contributed by atoms with Crippen molar-refractivity contribution < 1.29 is 18.8 Å². The average molecular weight is 463 g/mol. The third kappa shape index (κ3) is 5.30. The zero-order valence-corrected chi connectivity index (χ0v) is 17.1. The third-order valence-corrected chi connectivity index (χ3v) is 5.33. The number of imide groups is 1. The molecule has 0 atom stereocenters. The highest BCUT2D eigenvalue weighted by molar-refractivity contribution is 9.10. The maximum Gasteiger partial charge on any atom is 0.293 e. The Bertz CT molecular complexity index is 964. The first-order valence-corrected chi connectivity index (χ1v) is 10.1. The second-order valence-corrected chi connectivity index (χ2v) is 7.95. The molecule has 28 heavy (non-hydrogen) atoms.